The molecule has 0 radical (unpaired) electrons. The third-order valence-corrected chi connectivity index (χ3v) is 3.66. The van der Waals surface area contributed by atoms with Crippen LogP contribution in [0.5, 0.6) is 0 Å². The molecule has 1 heterocycles. The van der Waals surface area contributed by atoms with Gasteiger partial charge in [0.05, 0.1) is 0 Å². The zero-order chi connectivity index (χ0) is 13.8. The van der Waals surface area contributed by atoms with Crippen LogP contribution in [0.15, 0.2) is 30.3 Å². The Hall–Kier alpha value is -1.84. The van der Waals surface area contributed by atoms with Crippen molar-refractivity contribution in [3.63, 3.8) is 0 Å². The number of nitrogens with zero attached hydrogens (tertiary/aromatic N) is 1. The van der Waals surface area contributed by atoms with Crippen molar-refractivity contribution in [1.29, 1.82) is 0 Å². The highest BCUT2D eigenvalue weighted by Gasteiger charge is 2.40. The van der Waals surface area contributed by atoms with Crippen LogP contribution in [0, 0.1) is 0 Å². The van der Waals surface area contributed by atoms with Crippen LogP contribution in [0.4, 0.5) is 0 Å². The lowest BCUT2D eigenvalue weighted by atomic mass is 10.1. The van der Waals surface area contributed by atoms with Gasteiger partial charge in [-0.2, -0.15) is 0 Å². The molecule has 0 bridgehead atoms. The Labute approximate surface area is 113 Å². The molecule has 4 heteroatoms. The van der Waals surface area contributed by atoms with E-state index in [4.69, 9.17) is 0 Å². The maximum Gasteiger partial charge on any atom is 0.326 e. The van der Waals surface area contributed by atoms with E-state index in [1.807, 2.05) is 6.07 Å². The van der Waals surface area contributed by atoms with Crippen molar-refractivity contribution in [3.8, 4) is 0 Å². The zero-order valence-electron chi connectivity index (χ0n) is 11.1. The predicted octanol–water partition coefficient (Wildman–Crippen LogP) is 2.54. The minimum absolute atomic E-state index is 0.0545. The summed E-state index contributed by atoms with van der Waals surface area (Å²) in [4.78, 5) is 25.4. The SMILES string of the molecule is CCCC1CCC(C(=O)O)N1C(=O)c1ccccc1. The zero-order valence-corrected chi connectivity index (χ0v) is 11.1. The Morgan fingerprint density at radius 2 is 1.95 bits per heavy atom. The third-order valence-electron chi connectivity index (χ3n) is 3.66. The minimum Gasteiger partial charge on any atom is -0.480 e. The van der Waals surface area contributed by atoms with Gasteiger partial charge >= 0.3 is 5.97 Å². The Morgan fingerprint density at radius 3 is 2.53 bits per heavy atom. The third kappa shape index (κ3) is 2.78. The second-order valence-electron chi connectivity index (χ2n) is 4.95. The maximum atomic E-state index is 12.5. The van der Waals surface area contributed by atoms with E-state index in [0.29, 0.717) is 12.0 Å². The number of aliphatic carboxylic acids is 1. The molecule has 4 nitrogen and oxygen atoms in total. The molecule has 1 fully saturated rings. The molecule has 1 aliphatic heterocycles. The van der Waals surface area contributed by atoms with Gasteiger partial charge in [0, 0.05) is 11.6 Å². The van der Waals surface area contributed by atoms with Crippen LogP contribution in [-0.4, -0.2) is 34.0 Å². The summed E-state index contributed by atoms with van der Waals surface area (Å²) < 4.78 is 0. The molecule has 0 aromatic heterocycles. The van der Waals surface area contributed by atoms with E-state index in [0.717, 1.165) is 19.3 Å². The van der Waals surface area contributed by atoms with E-state index in [1.165, 1.54) is 0 Å². The Balaban J connectivity index is 2.26. The van der Waals surface area contributed by atoms with Gasteiger partial charge in [0.15, 0.2) is 0 Å². The number of carboxylic acid groups (broad SMARTS) is 1. The van der Waals surface area contributed by atoms with Gasteiger partial charge in [0.2, 0.25) is 0 Å². The molecule has 0 aliphatic carbocycles. The first-order valence-electron chi connectivity index (χ1n) is 6.75. The van der Waals surface area contributed by atoms with Gasteiger partial charge in [-0.15, -0.1) is 0 Å². The Bertz CT molecular complexity index is 458. The molecule has 2 atom stereocenters. The minimum atomic E-state index is -0.900. The molecule has 1 amide bonds. The summed E-state index contributed by atoms with van der Waals surface area (Å²) in [5.41, 5.74) is 0.566. The van der Waals surface area contributed by atoms with E-state index in [1.54, 1.807) is 29.2 Å². The highest BCUT2D eigenvalue weighted by Crippen LogP contribution is 2.29. The fraction of sp³-hybridized carbons (Fsp3) is 0.467. The molecule has 1 N–H and O–H groups in total. The van der Waals surface area contributed by atoms with Gasteiger partial charge in [-0.1, -0.05) is 31.5 Å². The Morgan fingerprint density at radius 1 is 1.26 bits per heavy atom. The number of rotatable bonds is 4. The first kappa shape index (κ1) is 13.6. The van der Waals surface area contributed by atoms with Crippen LogP contribution < -0.4 is 0 Å². The molecular formula is C15H19NO3. The summed E-state index contributed by atoms with van der Waals surface area (Å²) in [5.74, 6) is -1.06. The van der Waals surface area contributed by atoms with Gasteiger partial charge in [-0.3, -0.25) is 4.79 Å². The van der Waals surface area contributed by atoms with Crippen LogP contribution in [0.25, 0.3) is 0 Å². The molecule has 1 aromatic carbocycles. The van der Waals surface area contributed by atoms with Crippen molar-refractivity contribution in [3.05, 3.63) is 35.9 Å². The lowest BCUT2D eigenvalue weighted by molar-refractivity contribution is -0.141. The molecule has 1 aromatic rings. The molecular weight excluding hydrogens is 242 g/mol. The lowest BCUT2D eigenvalue weighted by Crippen LogP contribution is -2.44. The van der Waals surface area contributed by atoms with E-state index < -0.39 is 12.0 Å². The van der Waals surface area contributed by atoms with Gasteiger partial charge < -0.3 is 10.0 Å². The molecule has 2 unspecified atom stereocenters. The Kier molecular flexibility index (Phi) is 4.20. The van der Waals surface area contributed by atoms with Crippen molar-refractivity contribution in [2.75, 3.05) is 0 Å². The standard InChI is InChI=1S/C15H19NO3/c1-2-6-12-9-10-13(15(18)19)16(12)14(17)11-7-4-3-5-8-11/h3-5,7-8,12-13H,2,6,9-10H2,1H3,(H,18,19). The second-order valence-corrected chi connectivity index (χ2v) is 4.95. The summed E-state index contributed by atoms with van der Waals surface area (Å²) in [6.45, 7) is 2.05. The first-order chi connectivity index (χ1) is 9.15. The molecule has 0 saturated carbocycles. The monoisotopic (exact) mass is 261 g/mol. The van der Waals surface area contributed by atoms with Crippen LogP contribution in [0.1, 0.15) is 43.0 Å². The number of carboxylic acids is 1. The molecule has 0 spiro atoms. The van der Waals surface area contributed by atoms with Crippen molar-refractivity contribution < 1.29 is 14.7 Å². The average Bonchev–Trinajstić information content (AvgIpc) is 2.83. The number of likely N-dealkylation sites (tertiary alicyclic amines) is 1. The van der Waals surface area contributed by atoms with E-state index in [9.17, 15) is 14.7 Å². The van der Waals surface area contributed by atoms with Crippen molar-refractivity contribution in [2.45, 2.75) is 44.7 Å². The summed E-state index contributed by atoms with van der Waals surface area (Å²) in [5, 5.41) is 9.27. The van der Waals surface area contributed by atoms with Crippen LogP contribution in [-0.2, 0) is 4.79 Å². The van der Waals surface area contributed by atoms with E-state index in [-0.39, 0.29) is 11.9 Å². The number of amides is 1. The maximum absolute atomic E-state index is 12.5. The average molecular weight is 261 g/mol. The largest absolute Gasteiger partial charge is 0.480 e. The summed E-state index contributed by atoms with van der Waals surface area (Å²) in [7, 11) is 0. The van der Waals surface area contributed by atoms with Crippen LogP contribution in [0.3, 0.4) is 0 Å². The summed E-state index contributed by atoms with van der Waals surface area (Å²) in [6, 6.07) is 8.30. The normalized spacial score (nSPS) is 22.5. The van der Waals surface area contributed by atoms with Crippen molar-refractivity contribution in [1.82, 2.24) is 4.90 Å². The van der Waals surface area contributed by atoms with E-state index in [2.05, 4.69) is 6.92 Å². The number of carbonyl (C=O) groups is 2. The molecule has 1 saturated heterocycles. The summed E-state index contributed by atoms with van der Waals surface area (Å²) >= 11 is 0. The quantitative estimate of drug-likeness (QED) is 0.906. The molecule has 2 rings (SSSR count). The van der Waals surface area contributed by atoms with Gasteiger partial charge in [0.1, 0.15) is 6.04 Å². The van der Waals surface area contributed by atoms with Gasteiger partial charge in [0.25, 0.3) is 5.91 Å². The van der Waals surface area contributed by atoms with E-state index >= 15 is 0 Å². The second kappa shape index (κ2) is 5.87. The van der Waals surface area contributed by atoms with Crippen LogP contribution >= 0.6 is 0 Å². The molecule has 102 valence electrons. The van der Waals surface area contributed by atoms with Crippen molar-refractivity contribution >= 4 is 11.9 Å². The van der Waals surface area contributed by atoms with Gasteiger partial charge in [-0.05, 0) is 31.4 Å². The van der Waals surface area contributed by atoms with Gasteiger partial charge in [-0.25, -0.2) is 4.79 Å². The predicted molar refractivity (Wildman–Crippen MR) is 72.0 cm³/mol. The van der Waals surface area contributed by atoms with Crippen LogP contribution in [0.2, 0.25) is 0 Å². The smallest absolute Gasteiger partial charge is 0.326 e. The first-order valence-corrected chi connectivity index (χ1v) is 6.75. The lowest BCUT2D eigenvalue weighted by Gasteiger charge is -2.28. The fourth-order valence-electron chi connectivity index (χ4n) is 2.78. The number of benzene rings is 1. The number of hydrogen-bond donors (Lipinski definition) is 1. The molecule has 19 heavy (non-hydrogen) atoms. The highest BCUT2D eigenvalue weighted by molar-refractivity contribution is 5.97. The molecule has 1 aliphatic rings. The van der Waals surface area contributed by atoms with Crippen molar-refractivity contribution in [2.24, 2.45) is 0 Å². The number of carbonyl (C=O) groups excluding carboxylic acids is 1. The fourth-order valence-corrected chi connectivity index (χ4v) is 2.78. The number of hydrogen-bond acceptors (Lipinski definition) is 2. The summed E-state index contributed by atoms with van der Waals surface area (Å²) in [6.07, 6.45) is 3.15. The highest BCUT2D eigenvalue weighted by atomic mass is 16.4. The topological polar surface area (TPSA) is 57.6 Å².